The Kier molecular flexibility index (Phi) is 5.09. The second-order valence-corrected chi connectivity index (χ2v) is 4.97. The van der Waals surface area contributed by atoms with Gasteiger partial charge in [-0.05, 0) is 36.8 Å². The van der Waals surface area contributed by atoms with E-state index < -0.39 is 11.6 Å². The van der Waals surface area contributed by atoms with E-state index in [1.54, 1.807) is 38.2 Å². The third-order valence-corrected chi connectivity index (χ3v) is 3.29. The molecule has 0 saturated heterocycles. The van der Waals surface area contributed by atoms with Crippen LogP contribution in [0.3, 0.4) is 0 Å². The standard InChI is InChI=1S/C17H17F2NO2/c1-12-7-8-13(11-15(12)19)17(21)20(2)9-10-22-16-6-4-3-5-14(16)18/h3-8,11H,9-10H2,1-2H3. The van der Waals surface area contributed by atoms with Crippen LogP contribution in [-0.2, 0) is 0 Å². The van der Waals surface area contributed by atoms with Crippen LogP contribution in [0, 0.1) is 18.6 Å². The van der Waals surface area contributed by atoms with Gasteiger partial charge >= 0.3 is 0 Å². The van der Waals surface area contributed by atoms with Crippen LogP contribution in [-0.4, -0.2) is 31.0 Å². The lowest BCUT2D eigenvalue weighted by molar-refractivity contribution is 0.0772. The zero-order valence-electron chi connectivity index (χ0n) is 12.5. The molecule has 0 aliphatic heterocycles. The van der Waals surface area contributed by atoms with E-state index in [1.807, 2.05) is 0 Å². The Balaban J connectivity index is 1.91. The number of ether oxygens (including phenoxy) is 1. The van der Waals surface area contributed by atoms with Crippen LogP contribution >= 0.6 is 0 Å². The van der Waals surface area contributed by atoms with Crippen molar-refractivity contribution < 1.29 is 18.3 Å². The molecule has 0 saturated carbocycles. The zero-order chi connectivity index (χ0) is 16.1. The van der Waals surface area contributed by atoms with E-state index in [1.165, 1.54) is 23.1 Å². The normalized spacial score (nSPS) is 10.4. The highest BCUT2D eigenvalue weighted by molar-refractivity contribution is 5.94. The lowest BCUT2D eigenvalue weighted by Gasteiger charge is -2.18. The number of aryl methyl sites for hydroxylation is 1. The molecule has 0 radical (unpaired) electrons. The minimum absolute atomic E-state index is 0.143. The average Bonchev–Trinajstić information content (AvgIpc) is 2.51. The van der Waals surface area contributed by atoms with Crippen molar-refractivity contribution >= 4 is 5.91 Å². The smallest absolute Gasteiger partial charge is 0.253 e. The van der Waals surface area contributed by atoms with Gasteiger partial charge in [-0.25, -0.2) is 8.78 Å². The zero-order valence-corrected chi connectivity index (χ0v) is 12.5. The van der Waals surface area contributed by atoms with Crippen molar-refractivity contribution in [2.75, 3.05) is 20.2 Å². The van der Waals surface area contributed by atoms with Gasteiger partial charge in [0.05, 0.1) is 6.54 Å². The number of hydrogen-bond acceptors (Lipinski definition) is 2. The van der Waals surface area contributed by atoms with E-state index in [4.69, 9.17) is 4.74 Å². The van der Waals surface area contributed by atoms with Gasteiger partial charge in [-0.3, -0.25) is 4.79 Å². The SMILES string of the molecule is Cc1ccc(C(=O)N(C)CCOc2ccccc2F)cc1F. The van der Waals surface area contributed by atoms with Crippen LogP contribution in [0.1, 0.15) is 15.9 Å². The van der Waals surface area contributed by atoms with E-state index in [9.17, 15) is 13.6 Å². The number of hydrogen-bond donors (Lipinski definition) is 0. The fourth-order valence-corrected chi connectivity index (χ4v) is 1.90. The summed E-state index contributed by atoms with van der Waals surface area (Å²) in [6, 6.07) is 10.4. The van der Waals surface area contributed by atoms with Crippen molar-refractivity contribution in [3.8, 4) is 5.75 Å². The van der Waals surface area contributed by atoms with E-state index in [-0.39, 0.29) is 30.4 Å². The van der Waals surface area contributed by atoms with Crippen LogP contribution in [0.25, 0.3) is 0 Å². The molecule has 2 aromatic rings. The van der Waals surface area contributed by atoms with Crippen molar-refractivity contribution in [3.63, 3.8) is 0 Å². The molecule has 1 amide bonds. The molecule has 0 N–H and O–H groups in total. The van der Waals surface area contributed by atoms with E-state index >= 15 is 0 Å². The first-order valence-electron chi connectivity index (χ1n) is 6.88. The summed E-state index contributed by atoms with van der Waals surface area (Å²) >= 11 is 0. The Bertz CT molecular complexity index is 673. The van der Waals surface area contributed by atoms with Gasteiger partial charge in [0.15, 0.2) is 11.6 Å². The van der Waals surface area contributed by atoms with Crippen LogP contribution in [0.5, 0.6) is 5.75 Å². The Morgan fingerprint density at radius 3 is 2.55 bits per heavy atom. The monoisotopic (exact) mass is 305 g/mol. The third-order valence-electron chi connectivity index (χ3n) is 3.29. The molecular formula is C17H17F2NO2. The number of halogens is 2. The largest absolute Gasteiger partial charge is 0.489 e. The molecule has 0 unspecified atom stereocenters. The molecule has 0 spiro atoms. The molecule has 0 aromatic heterocycles. The van der Waals surface area contributed by atoms with Crippen LogP contribution in [0.15, 0.2) is 42.5 Å². The average molecular weight is 305 g/mol. The maximum atomic E-state index is 13.5. The number of benzene rings is 2. The van der Waals surface area contributed by atoms with Gasteiger partial charge in [-0.1, -0.05) is 18.2 Å². The van der Waals surface area contributed by atoms with Crippen molar-refractivity contribution in [1.29, 1.82) is 0 Å². The predicted molar refractivity (Wildman–Crippen MR) is 80.0 cm³/mol. The summed E-state index contributed by atoms with van der Waals surface area (Å²) in [5.74, 6) is -1.03. The molecule has 116 valence electrons. The summed E-state index contributed by atoms with van der Waals surface area (Å²) in [7, 11) is 1.59. The van der Waals surface area contributed by atoms with Crippen LogP contribution in [0.2, 0.25) is 0 Å². The first-order chi connectivity index (χ1) is 10.5. The molecule has 0 aliphatic carbocycles. The minimum atomic E-state index is -0.447. The molecule has 3 nitrogen and oxygen atoms in total. The predicted octanol–water partition coefficient (Wildman–Crippen LogP) is 3.42. The number of likely N-dealkylation sites (N-methyl/N-ethyl adjacent to an activating group) is 1. The minimum Gasteiger partial charge on any atom is -0.489 e. The summed E-state index contributed by atoms with van der Waals surface area (Å²) in [6.07, 6.45) is 0. The molecule has 0 fully saturated rings. The maximum Gasteiger partial charge on any atom is 0.253 e. The summed E-state index contributed by atoms with van der Waals surface area (Å²) in [5.41, 5.74) is 0.763. The molecule has 5 heteroatoms. The van der Waals surface area contributed by atoms with Gasteiger partial charge in [-0.15, -0.1) is 0 Å². The highest BCUT2D eigenvalue weighted by atomic mass is 19.1. The van der Waals surface area contributed by atoms with Crippen molar-refractivity contribution in [1.82, 2.24) is 4.90 Å². The second kappa shape index (κ2) is 7.02. The fraction of sp³-hybridized carbons (Fsp3) is 0.235. The molecule has 2 rings (SSSR count). The molecule has 22 heavy (non-hydrogen) atoms. The van der Waals surface area contributed by atoms with Crippen LogP contribution < -0.4 is 4.74 Å². The lowest BCUT2D eigenvalue weighted by atomic mass is 10.1. The van der Waals surface area contributed by atoms with Crippen LogP contribution in [0.4, 0.5) is 8.78 Å². The fourth-order valence-electron chi connectivity index (χ4n) is 1.90. The van der Waals surface area contributed by atoms with Crippen molar-refractivity contribution in [3.05, 3.63) is 65.2 Å². The second-order valence-electron chi connectivity index (χ2n) is 4.97. The summed E-state index contributed by atoms with van der Waals surface area (Å²) in [5, 5.41) is 0. The summed E-state index contributed by atoms with van der Waals surface area (Å²) in [4.78, 5) is 13.6. The van der Waals surface area contributed by atoms with Crippen molar-refractivity contribution in [2.45, 2.75) is 6.92 Å². The number of nitrogens with zero attached hydrogens (tertiary/aromatic N) is 1. The lowest BCUT2D eigenvalue weighted by Crippen LogP contribution is -2.31. The quantitative estimate of drug-likeness (QED) is 0.847. The molecule has 0 heterocycles. The summed E-state index contributed by atoms with van der Waals surface area (Å²) < 4.78 is 32.1. The Morgan fingerprint density at radius 1 is 1.14 bits per heavy atom. The molecule has 0 bridgehead atoms. The summed E-state index contributed by atoms with van der Waals surface area (Å²) in [6.45, 7) is 2.05. The number of carbonyl (C=O) groups is 1. The number of rotatable bonds is 5. The topological polar surface area (TPSA) is 29.5 Å². The van der Waals surface area contributed by atoms with E-state index in [0.29, 0.717) is 5.56 Å². The van der Waals surface area contributed by atoms with E-state index in [0.717, 1.165) is 0 Å². The van der Waals surface area contributed by atoms with Gasteiger partial charge in [0.2, 0.25) is 0 Å². The molecule has 0 aliphatic rings. The van der Waals surface area contributed by atoms with Gasteiger partial charge in [0.1, 0.15) is 12.4 Å². The van der Waals surface area contributed by atoms with Gasteiger partial charge in [-0.2, -0.15) is 0 Å². The molecular weight excluding hydrogens is 288 g/mol. The first-order valence-corrected chi connectivity index (χ1v) is 6.88. The van der Waals surface area contributed by atoms with Crippen molar-refractivity contribution in [2.24, 2.45) is 0 Å². The first kappa shape index (κ1) is 15.9. The highest BCUT2D eigenvalue weighted by Crippen LogP contribution is 2.15. The third kappa shape index (κ3) is 3.81. The Morgan fingerprint density at radius 2 is 1.86 bits per heavy atom. The number of amides is 1. The van der Waals surface area contributed by atoms with Gasteiger partial charge in [0.25, 0.3) is 5.91 Å². The Labute approximate surface area is 128 Å². The maximum absolute atomic E-state index is 13.5. The Hall–Kier alpha value is -2.43. The molecule has 2 aromatic carbocycles. The molecule has 0 atom stereocenters. The van der Waals surface area contributed by atoms with E-state index in [2.05, 4.69) is 0 Å². The van der Waals surface area contributed by atoms with Gasteiger partial charge < -0.3 is 9.64 Å². The number of carbonyl (C=O) groups excluding carboxylic acids is 1. The number of para-hydroxylation sites is 1. The highest BCUT2D eigenvalue weighted by Gasteiger charge is 2.13. The van der Waals surface area contributed by atoms with Gasteiger partial charge in [0, 0.05) is 12.6 Å².